The Bertz CT molecular complexity index is 676. The first-order chi connectivity index (χ1) is 10.8. The second kappa shape index (κ2) is 5.98. The van der Waals surface area contributed by atoms with Gasteiger partial charge in [0, 0.05) is 26.2 Å². The van der Waals surface area contributed by atoms with Crippen molar-refractivity contribution in [2.24, 2.45) is 0 Å². The van der Waals surface area contributed by atoms with Gasteiger partial charge in [-0.05, 0) is 43.9 Å². The summed E-state index contributed by atoms with van der Waals surface area (Å²) in [5.74, 6) is 0. The zero-order valence-electron chi connectivity index (χ0n) is 12.6. The average Bonchev–Trinajstić information content (AvgIpc) is 3.19. The quantitative estimate of drug-likeness (QED) is 0.843. The van der Waals surface area contributed by atoms with Crippen LogP contribution in [0, 0.1) is 0 Å². The molecule has 0 unspecified atom stereocenters. The van der Waals surface area contributed by atoms with Crippen molar-refractivity contribution in [2.45, 2.75) is 36.8 Å². The Hall–Kier alpha value is -1.28. The number of nitrogens with zero attached hydrogens (tertiary/aromatic N) is 2. The fourth-order valence-electron chi connectivity index (χ4n) is 3.18. The molecule has 0 radical (unpaired) electrons. The zero-order chi connectivity index (χ0) is 16.7. The van der Waals surface area contributed by atoms with Crippen LogP contribution in [0.1, 0.15) is 31.2 Å². The van der Waals surface area contributed by atoms with Crippen LogP contribution in [0.2, 0.25) is 0 Å². The van der Waals surface area contributed by atoms with Gasteiger partial charge in [0.15, 0.2) is 0 Å². The Morgan fingerprint density at radius 2 is 1.48 bits per heavy atom. The van der Waals surface area contributed by atoms with E-state index in [0.29, 0.717) is 31.9 Å². The molecule has 0 N–H and O–H groups in total. The monoisotopic (exact) mass is 348 g/mol. The van der Waals surface area contributed by atoms with E-state index in [4.69, 9.17) is 0 Å². The summed E-state index contributed by atoms with van der Waals surface area (Å²) < 4.78 is 66.0. The van der Waals surface area contributed by atoms with Crippen molar-refractivity contribution in [1.29, 1.82) is 0 Å². The molecule has 0 amide bonds. The molecule has 2 aliphatic rings. The van der Waals surface area contributed by atoms with Gasteiger partial charge in [-0.15, -0.1) is 0 Å². The lowest BCUT2D eigenvalue weighted by Gasteiger charge is -2.25. The number of hydrogen-bond acceptors (Lipinski definition) is 3. The minimum absolute atomic E-state index is 0.212. The summed E-state index contributed by atoms with van der Waals surface area (Å²) in [5, 5.41) is 0. The van der Waals surface area contributed by atoms with Gasteiger partial charge in [0.25, 0.3) is 0 Å². The van der Waals surface area contributed by atoms with Gasteiger partial charge in [0.1, 0.15) is 4.90 Å². The van der Waals surface area contributed by atoms with Gasteiger partial charge in [-0.3, -0.25) is 0 Å². The molecule has 2 saturated heterocycles. The average molecular weight is 348 g/mol. The first-order valence-electron chi connectivity index (χ1n) is 7.76. The molecular formula is C15H19F3N2O2S. The van der Waals surface area contributed by atoms with E-state index in [2.05, 4.69) is 0 Å². The van der Waals surface area contributed by atoms with Gasteiger partial charge in [0.2, 0.25) is 10.0 Å². The lowest BCUT2D eigenvalue weighted by atomic mass is 10.2. The molecule has 23 heavy (non-hydrogen) atoms. The van der Waals surface area contributed by atoms with Gasteiger partial charge >= 0.3 is 6.18 Å². The van der Waals surface area contributed by atoms with Crippen LogP contribution in [0.4, 0.5) is 18.9 Å². The molecule has 8 heteroatoms. The molecule has 2 heterocycles. The summed E-state index contributed by atoms with van der Waals surface area (Å²) in [6.45, 7) is 2.10. The topological polar surface area (TPSA) is 40.6 Å². The van der Waals surface area contributed by atoms with Crippen LogP contribution < -0.4 is 4.90 Å². The second-order valence-electron chi connectivity index (χ2n) is 5.99. The molecule has 128 valence electrons. The van der Waals surface area contributed by atoms with Gasteiger partial charge in [-0.2, -0.15) is 17.5 Å². The normalized spacial score (nSPS) is 20.4. The van der Waals surface area contributed by atoms with Crippen LogP contribution in [0.15, 0.2) is 23.1 Å². The molecular weight excluding hydrogens is 329 g/mol. The molecule has 4 nitrogen and oxygen atoms in total. The van der Waals surface area contributed by atoms with Crippen molar-refractivity contribution in [1.82, 2.24) is 4.31 Å². The van der Waals surface area contributed by atoms with Crippen LogP contribution in [0.5, 0.6) is 0 Å². The molecule has 0 spiro atoms. The van der Waals surface area contributed by atoms with Crippen LogP contribution in [-0.2, 0) is 16.2 Å². The maximum Gasteiger partial charge on any atom is 0.416 e. The highest BCUT2D eigenvalue weighted by molar-refractivity contribution is 7.89. The molecule has 2 fully saturated rings. The largest absolute Gasteiger partial charge is 0.416 e. The second-order valence-corrected chi connectivity index (χ2v) is 7.89. The molecule has 0 bridgehead atoms. The van der Waals surface area contributed by atoms with Crippen LogP contribution in [-0.4, -0.2) is 38.9 Å². The maximum atomic E-state index is 13.0. The number of hydrogen-bond donors (Lipinski definition) is 0. The maximum absolute atomic E-state index is 13.0. The lowest BCUT2D eigenvalue weighted by Crippen LogP contribution is -2.30. The van der Waals surface area contributed by atoms with Crippen molar-refractivity contribution in [3.63, 3.8) is 0 Å². The standard InChI is InChI=1S/C15H19F3N2O2S/c16-15(17,18)12-5-6-13(19-7-1-2-8-19)14(11-12)23(21,22)20-9-3-4-10-20/h5-6,11H,1-4,7-10H2. The zero-order valence-corrected chi connectivity index (χ0v) is 13.5. The van der Waals surface area contributed by atoms with Crippen molar-refractivity contribution in [3.05, 3.63) is 23.8 Å². The number of anilines is 1. The first kappa shape index (κ1) is 16.6. The lowest BCUT2D eigenvalue weighted by molar-refractivity contribution is -0.137. The minimum atomic E-state index is -4.56. The molecule has 0 aliphatic carbocycles. The third-order valence-electron chi connectivity index (χ3n) is 4.42. The summed E-state index contributed by atoms with van der Waals surface area (Å²) >= 11 is 0. The van der Waals surface area contributed by atoms with E-state index in [1.165, 1.54) is 10.4 Å². The number of rotatable bonds is 3. The molecule has 1 aromatic rings. The van der Waals surface area contributed by atoms with E-state index in [0.717, 1.165) is 37.8 Å². The van der Waals surface area contributed by atoms with E-state index in [-0.39, 0.29) is 4.90 Å². The predicted octanol–water partition coefficient (Wildman–Crippen LogP) is 3.09. The Morgan fingerprint density at radius 1 is 0.913 bits per heavy atom. The summed E-state index contributed by atoms with van der Waals surface area (Å²) in [6.07, 6.45) is -1.22. The SMILES string of the molecule is O=S(=O)(c1cc(C(F)(F)F)ccc1N1CCCC1)N1CCCC1. The molecule has 0 atom stereocenters. The van der Waals surface area contributed by atoms with Gasteiger partial charge in [-0.1, -0.05) is 0 Å². The van der Waals surface area contributed by atoms with E-state index in [1.54, 1.807) is 0 Å². The minimum Gasteiger partial charge on any atom is -0.370 e. The molecule has 2 aliphatic heterocycles. The third kappa shape index (κ3) is 3.19. The Morgan fingerprint density at radius 3 is 2.04 bits per heavy atom. The summed E-state index contributed by atoms with van der Waals surface area (Å²) in [6, 6.07) is 3.06. The Kier molecular flexibility index (Phi) is 4.31. The molecule has 0 aromatic heterocycles. The van der Waals surface area contributed by atoms with E-state index < -0.39 is 21.8 Å². The summed E-state index contributed by atoms with van der Waals surface area (Å²) in [7, 11) is -3.90. The smallest absolute Gasteiger partial charge is 0.370 e. The summed E-state index contributed by atoms with van der Waals surface area (Å²) in [4.78, 5) is 1.65. The predicted molar refractivity (Wildman–Crippen MR) is 80.9 cm³/mol. The number of halogens is 3. The first-order valence-corrected chi connectivity index (χ1v) is 9.20. The number of alkyl halides is 3. The van der Waals surface area contributed by atoms with Gasteiger partial charge in [-0.25, -0.2) is 8.42 Å². The van der Waals surface area contributed by atoms with Crippen molar-refractivity contribution in [3.8, 4) is 0 Å². The highest BCUT2D eigenvalue weighted by Gasteiger charge is 2.36. The highest BCUT2D eigenvalue weighted by atomic mass is 32.2. The fourth-order valence-corrected chi connectivity index (χ4v) is 4.94. The highest BCUT2D eigenvalue weighted by Crippen LogP contribution is 2.37. The number of benzene rings is 1. The van der Waals surface area contributed by atoms with Crippen molar-refractivity contribution < 1.29 is 21.6 Å². The third-order valence-corrected chi connectivity index (χ3v) is 6.34. The van der Waals surface area contributed by atoms with E-state index in [1.807, 2.05) is 4.90 Å². The van der Waals surface area contributed by atoms with Gasteiger partial charge in [0.05, 0.1) is 11.3 Å². The Balaban J connectivity index is 2.10. The van der Waals surface area contributed by atoms with E-state index in [9.17, 15) is 21.6 Å². The van der Waals surface area contributed by atoms with Crippen LogP contribution in [0.3, 0.4) is 0 Å². The summed E-state index contributed by atoms with van der Waals surface area (Å²) in [5.41, 5.74) is -0.527. The van der Waals surface area contributed by atoms with Crippen LogP contribution >= 0.6 is 0 Å². The van der Waals surface area contributed by atoms with Crippen molar-refractivity contribution >= 4 is 15.7 Å². The number of sulfonamides is 1. The molecule has 3 rings (SSSR count). The van der Waals surface area contributed by atoms with Crippen molar-refractivity contribution in [2.75, 3.05) is 31.1 Å². The molecule has 1 aromatic carbocycles. The fraction of sp³-hybridized carbons (Fsp3) is 0.600. The molecule has 0 saturated carbocycles. The van der Waals surface area contributed by atoms with Gasteiger partial charge < -0.3 is 4.90 Å². The Labute approximate surface area is 133 Å². The van der Waals surface area contributed by atoms with E-state index >= 15 is 0 Å². The van der Waals surface area contributed by atoms with Crippen LogP contribution in [0.25, 0.3) is 0 Å².